The van der Waals surface area contributed by atoms with Gasteiger partial charge in [0.15, 0.2) is 0 Å². The van der Waals surface area contributed by atoms with Crippen molar-refractivity contribution in [3.05, 3.63) is 18.2 Å². The Labute approximate surface area is 75.2 Å². The Kier molecular flexibility index (Phi) is 2.65. The molecule has 1 aromatic rings. The molecule has 1 heterocycles. The summed E-state index contributed by atoms with van der Waals surface area (Å²) in [6.45, 7) is 0.0187. The Bertz CT molecular complexity index is 428. The Hall–Kier alpha value is -1.39. The quantitative estimate of drug-likeness (QED) is 0.683. The number of nitrogens with zero attached hydrogens (tertiary/aromatic N) is 3. The molecule has 0 aromatic carbocycles. The highest BCUT2D eigenvalue weighted by atomic mass is 32.2. The van der Waals surface area contributed by atoms with Crippen LogP contribution in [0.1, 0.15) is 5.82 Å². The van der Waals surface area contributed by atoms with Crippen molar-refractivity contribution >= 4 is 10.1 Å². The first-order chi connectivity index (χ1) is 6.03. The first kappa shape index (κ1) is 9.70. The fraction of sp³-hybridized carbons (Fsp3) is 0.333. The van der Waals surface area contributed by atoms with E-state index in [0.29, 0.717) is 0 Å². The van der Waals surface area contributed by atoms with Gasteiger partial charge in [0.1, 0.15) is 18.1 Å². The molecule has 0 fully saturated rings. The van der Waals surface area contributed by atoms with Crippen LogP contribution in [0.3, 0.4) is 0 Å². The predicted molar refractivity (Wildman–Crippen MR) is 43.1 cm³/mol. The van der Waals surface area contributed by atoms with Gasteiger partial charge in [-0.15, -0.1) is 0 Å². The van der Waals surface area contributed by atoms with Gasteiger partial charge < -0.3 is 4.57 Å². The molecule has 1 N–H and O–H groups in total. The van der Waals surface area contributed by atoms with Crippen LogP contribution in [-0.4, -0.2) is 22.5 Å². The topological polar surface area (TPSA) is 96.0 Å². The van der Waals surface area contributed by atoms with Gasteiger partial charge >= 0.3 is 0 Å². The second-order valence-corrected chi connectivity index (χ2v) is 3.81. The molecule has 70 valence electrons. The molecule has 0 amide bonds. The van der Waals surface area contributed by atoms with Gasteiger partial charge in [-0.05, 0) is 0 Å². The monoisotopic (exact) mass is 201 g/mol. The van der Waals surface area contributed by atoms with Gasteiger partial charge in [0, 0.05) is 12.4 Å². The highest BCUT2D eigenvalue weighted by Gasteiger charge is 2.11. The maximum atomic E-state index is 10.5. The van der Waals surface area contributed by atoms with Gasteiger partial charge in [0.05, 0.1) is 6.07 Å². The van der Waals surface area contributed by atoms with E-state index < -0.39 is 15.9 Å². The normalized spacial score (nSPS) is 11.1. The van der Waals surface area contributed by atoms with Crippen molar-refractivity contribution in [2.45, 2.75) is 12.3 Å². The summed E-state index contributed by atoms with van der Waals surface area (Å²) < 4.78 is 30.8. The standard InChI is InChI=1S/C6H7N3O3S/c7-1-3-9-4-2-8-6(9)5-13(10,11)12/h2,4H,3,5H2,(H,10,11,12). The summed E-state index contributed by atoms with van der Waals surface area (Å²) in [5.41, 5.74) is 0. The van der Waals surface area contributed by atoms with Crippen LogP contribution in [0.4, 0.5) is 0 Å². The maximum Gasteiger partial charge on any atom is 0.272 e. The van der Waals surface area contributed by atoms with E-state index in [-0.39, 0.29) is 12.4 Å². The minimum atomic E-state index is -4.08. The average molecular weight is 201 g/mol. The van der Waals surface area contributed by atoms with E-state index in [1.807, 2.05) is 6.07 Å². The molecule has 0 atom stereocenters. The van der Waals surface area contributed by atoms with E-state index in [2.05, 4.69) is 4.98 Å². The van der Waals surface area contributed by atoms with Crippen LogP contribution >= 0.6 is 0 Å². The average Bonchev–Trinajstić information content (AvgIpc) is 2.34. The lowest BCUT2D eigenvalue weighted by Crippen LogP contribution is -2.08. The molecule has 0 aliphatic rings. The predicted octanol–water partition coefficient (Wildman–Crippen LogP) is -0.206. The second-order valence-electron chi connectivity index (χ2n) is 2.36. The summed E-state index contributed by atoms with van der Waals surface area (Å²) in [6, 6.07) is 1.84. The van der Waals surface area contributed by atoms with Crippen molar-refractivity contribution in [3.8, 4) is 6.07 Å². The summed E-state index contributed by atoms with van der Waals surface area (Å²) in [6.07, 6.45) is 2.85. The Morgan fingerprint density at radius 2 is 2.38 bits per heavy atom. The number of hydrogen-bond donors (Lipinski definition) is 1. The third-order valence-corrected chi connectivity index (χ3v) is 1.98. The summed E-state index contributed by atoms with van der Waals surface area (Å²) in [5.74, 6) is -0.411. The van der Waals surface area contributed by atoms with Gasteiger partial charge in [-0.2, -0.15) is 13.7 Å². The summed E-state index contributed by atoms with van der Waals surface area (Å²) in [4.78, 5) is 3.69. The minimum Gasteiger partial charge on any atom is -0.320 e. The highest BCUT2D eigenvalue weighted by Crippen LogP contribution is 2.01. The first-order valence-electron chi connectivity index (χ1n) is 3.35. The molecule has 0 radical (unpaired) electrons. The smallest absolute Gasteiger partial charge is 0.272 e. The van der Waals surface area contributed by atoms with Crippen molar-refractivity contribution in [2.75, 3.05) is 0 Å². The molecule has 7 heteroatoms. The Balaban J connectivity index is 2.90. The van der Waals surface area contributed by atoms with E-state index in [9.17, 15) is 8.42 Å². The van der Waals surface area contributed by atoms with E-state index in [4.69, 9.17) is 9.81 Å². The number of imidazole rings is 1. The maximum absolute atomic E-state index is 10.5. The lowest BCUT2D eigenvalue weighted by molar-refractivity contribution is 0.479. The van der Waals surface area contributed by atoms with Crippen molar-refractivity contribution in [1.82, 2.24) is 9.55 Å². The summed E-state index contributed by atoms with van der Waals surface area (Å²) >= 11 is 0. The van der Waals surface area contributed by atoms with Crippen LogP contribution in [0.2, 0.25) is 0 Å². The molecule has 0 unspecified atom stereocenters. The number of aromatic nitrogens is 2. The van der Waals surface area contributed by atoms with E-state index in [1.165, 1.54) is 17.0 Å². The number of rotatable bonds is 3. The summed E-state index contributed by atoms with van der Waals surface area (Å²) in [5, 5.41) is 8.35. The van der Waals surface area contributed by atoms with E-state index in [0.717, 1.165) is 0 Å². The largest absolute Gasteiger partial charge is 0.320 e. The molecule has 0 bridgehead atoms. The molecular formula is C6H7N3O3S. The van der Waals surface area contributed by atoms with E-state index in [1.54, 1.807) is 0 Å². The molecule has 0 spiro atoms. The molecule has 0 saturated carbocycles. The molecule has 0 aliphatic carbocycles. The minimum absolute atomic E-state index is 0.0187. The van der Waals surface area contributed by atoms with Crippen molar-refractivity contribution in [1.29, 1.82) is 5.26 Å². The van der Waals surface area contributed by atoms with Crippen LogP contribution in [-0.2, 0) is 22.4 Å². The molecule has 6 nitrogen and oxygen atoms in total. The molecular weight excluding hydrogens is 194 g/mol. The van der Waals surface area contributed by atoms with Crippen molar-refractivity contribution in [2.24, 2.45) is 0 Å². The van der Waals surface area contributed by atoms with Gasteiger partial charge in [0.25, 0.3) is 10.1 Å². The second kappa shape index (κ2) is 3.55. The SMILES string of the molecule is N#CCn1ccnc1CS(=O)(=O)O. The highest BCUT2D eigenvalue weighted by molar-refractivity contribution is 7.84. The van der Waals surface area contributed by atoms with Crippen molar-refractivity contribution in [3.63, 3.8) is 0 Å². The summed E-state index contributed by atoms with van der Waals surface area (Å²) in [7, 11) is -4.08. The van der Waals surface area contributed by atoms with Gasteiger partial charge in [-0.3, -0.25) is 4.55 Å². The van der Waals surface area contributed by atoms with Gasteiger partial charge in [-0.1, -0.05) is 0 Å². The lowest BCUT2D eigenvalue weighted by atomic mass is 10.6. The molecule has 0 saturated heterocycles. The fourth-order valence-corrected chi connectivity index (χ4v) is 1.43. The molecule has 13 heavy (non-hydrogen) atoms. The zero-order valence-corrected chi connectivity index (χ0v) is 7.40. The molecule has 1 aromatic heterocycles. The lowest BCUT2D eigenvalue weighted by Gasteiger charge is -1.99. The Morgan fingerprint density at radius 3 is 2.92 bits per heavy atom. The first-order valence-corrected chi connectivity index (χ1v) is 4.96. The number of nitriles is 1. The van der Waals surface area contributed by atoms with Crippen LogP contribution < -0.4 is 0 Å². The van der Waals surface area contributed by atoms with Crippen LogP contribution in [0.15, 0.2) is 12.4 Å². The van der Waals surface area contributed by atoms with Crippen LogP contribution in [0, 0.1) is 11.3 Å². The number of hydrogen-bond acceptors (Lipinski definition) is 4. The van der Waals surface area contributed by atoms with E-state index >= 15 is 0 Å². The van der Waals surface area contributed by atoms with Crippen LogP contribution in [0.5, 0.6) is 0 Å². The third-order valence-electron chi connectivity index (χ3n) is 1.35. The zero-order chi connectivity index (χ0) is 9.90. The van der Waals surface area contributed by atoms with Crippen molar-refractivity contribution < 1.29 is 13.0 Å². The van der Waals surface area contributed by atoms with Gasteiger partial charge in [0.2, 0.25) is 0 Å². The Morgan fingerprint density at radius 1 is 1.69 bits per heavy atom. The molecule has 1 rings (SSSR count). The zero-order valence-electron chi connectivity index (χ0n) is 6.58. The van der Waals surface area contributed by atoms with Gasteiger partial charge in [-0.25, -0.2) is 4.98 Å². The van der Waals surface area contributed by atoms with Crippen LogP contribution in [0.25, 0.3) is 0 Å². The third kappa shape index (κ3) is 2.85. The fourth-order valence-electron chi connectivity index (χ4n) is 0.864. The molecule has 0 aliphatic heterocycles.